The summed E-state index contributed by atoms with van der Waals surface area (Å²) in [5, 5.41) is 3.36. The largest absolute Gasteiger partial charge is 0.336 e. The first-order chi connectivity index (χ1) is 8.49. The molecular weight excluding hydrogens is 260 g/mol. The number of nitrogens with one attached hydrogen (secondary N) is 1. The van der Waals surface area contributed by atoms with E-state index in [-0.39, 0.29) is 18.3 Å². The van der Waals surface area contributed by atoms with Gasteiger partial charge in [0.15, 0.2) is 0 Å². The van der Waals surface area contributed by atoms with Gasteiger partial charge in [-0.15, -0.1) is 12.4 Å². The smallest absolute Gasteiger partial charge is 0.254 e. The van der Waals surface area contributed by atoms with Gasteiger partial charge in [-0.3, -0.25) is 4.79 Å². The van der Waals surface area contributed by atoms with Crippen molar-refractivity contribution in [1.82, 2.24) is 10.2 Å². The maximum atomic E-state index is 12.6. The van der Waals surface area contributed by atoms with Gasteiger partial charge in [0.25, 0.3) is 5.91 Å². The minimum absolute atomic E-state index is 0. The molecule has 2 rings (SSSR count). The fraction of sp³-hybridized carbons (Fsp3) is 0.533. The van der Waals surface area contributed by atoms with E-state index in [9.17, 15) is 4.79 Å². The third kappa shape index (κ3) is 3.48. The number of amides is 1. The Morgan fingerprint density at radius 1 is 1.26 bits per heavy atom. The second-order valence-electron chi connectivity index (χ2n) is 5.38. The van der Waals surface area contributed by atoms with Gasteiger partial charge < -0.3 is 10.2 Å². The zero-order valence-electron chi connectivity index (χ0n) is 12.1. The lowest BCUT2D eigenvalue weighted by atomic mass is 9.98. The zero-order valence-corrected chi connectivity index (χ0v) is 12.9. The van der Waals surface area contributed by atoms with Crippen molar-refractivity contribution < 1.29 is 4.79 Å². The third-order valence-electron chi connectivity index (χ3n) is 3.55. The summed E-state index contributed by atoms with van der Waals surface area (Å²) >= 11 is 0. The molecule has 1 fully saturated rings. The standard InChI is InChI=1S/C15H22N2O.ClH/c1-10-7-11(2)14(12(3)8-10)15(18)17-6-5-16-13(4)9-17;/h7-8,13,16H,5-6,9H2,1-4H3;1H/t13-;/m1./s1. The molecule has 1 saturated heterocycles. The van der Waals surface area contributed by atoms with Crippen molar-refractivity contribution in [2.45, 2.75) is 33.7 Å². The zero-order chi connectivity index (χ0) is 13.3. The molecule has 0 spiro atoms. The Kier molecular flexibility index (Phi) is 5.39. The number of benzene rings is 1. The third-order valence-corrected chi connectivity index (χ3v) is 3.55. The van der Waals surface area contributed by atoms with Crippen LogP contribution in [0.4, 0.5) is 0 Å². The number of nitrogens with zero attached hydrogens (tertiary/aromatic N) is 1. The van der Waals surface area contributed by atoms with Gasteiger partial charge in [0.2, 0.25) is 0 Å². The van der Waals surface area contributed by atoms with E-state index in [1.54, 1.807) is 0 Å². The van der Waals surface area contributed by atoms with E-state index >= 15 is 0 Å². The Hall–Kier alpha value is -1.06. The van der Waals surface area contributed by atoms with Gasteiger partial charge >= 0.3 is 0 Å². The van der Waals surface area contributed by atoms with Crippen LogP contribution in [0.3, 0.4) is 0 Å². The van der Waals surface area contributed by atoms with Gasteiger partial charge in [0, 0.05) is 31.2 Å². The summed E-state index contributed by atoms with van der Waals surface area (Å²) in [6, 6.07) is 4.56. The molecule has 3 nitrogen and oxygen atoms in total. The van der Waals surface area contributed by atoms with E-state index in [0.717, 1.165) is 36.3 Å². The first kappa shape index (κ1) is 16.0. The number of hydrogen-bond acceptors (Lipinski definition) is 2. The van der Waals surface area contributed by atoms with Crippen LogP contribution < -0.4 is 5.32 Å². The van der Waals surface area contributed by atoms with Crippen LogP contribution in [0.5, 0.6) is 0 Å². The van der Waals surface area contributed by atoms with Gasteiger partial charge in [-0.2, -0.15) is 0 Å². The van der Waals surface area contributed by atoms with Crippen LogP contribution in [-0.2, 0) is 0 Å². The number of aryl methyl sites for hydroxylation is 3. The average Bonchev–Trinajstić information content (AvgIpc) is 2.27. The SMILES string of the molecule is Cc1cc(C)c(C(=O)N2CCN[C@H](C)C2)c(C)c1.Cl. The molecule has 0 bridgehead atoms. The Morgan fingerprint density at radius 2 is 1.84 bits per heavy atom. The quantitative estimate of drug-likeness (QED) is 0.858. The molecule has 0 radical (unpaired) electrons. The van der Waals surface area contributed by atoms with Crippen molar-refractivity contribution in [3.63, 3.8) is 0 Å². The van der Waals surface area contributed by atoms with E-state index in [2.05, 4.69) is 31.3 Å². The molecule has 106 valence electrons. The van der Waals surface area contributed by atoms with Crippen molar-refractivity contribution in [3.05, 3.63) is 34.4 Å². The molecule has 1 amide bonds. The molecule has 1 N–H and O–H groups in total. The number of carbonyl (C=O) groups is 1. The fourth-order valence-corrected chi connectivity index (χ4v) is 2.79. The topological polar surface area (TPSA) is 32.3 Å². The number of carbonyl (C=O) groups excluding carboxylic acids is 1. The Balaban J connectivity index is 0.00000180. The molecule has 1 aliphatic rings. The van der Waals surface area contributed by atoms with E-state index in [1.807, 2.05) is 18.7 Å². The highest BCUT2D eigenvalue weighted by Crippen LogP contribution is 2.19. The summed E-state index contributed by atoms with van der Waals surface area (Å²) in [6.45, 7) is 10.7. The van der Waals surface area contributed by atoms with Crippen molar-refractivity contribution >= 4 is 18.3 Å². The maximum absolute atomic E-state index is 12.6. The summed E-state index contributed by atoms with van der Waals surface area (Å²) in [5.74, 6) is 0.179. The number of hydrogen-bond donors (Lipinski definition) is 1. The van der Waals surface area contributed by atoms with Gasteiger partial charge in [-0.25, -0.2) is 0 Å². The highest BCUT2D eigenvalue weighted by Gasteiger charge is 2.23. The molecule has 0 aliphatic carbocycles. The van der Waals surface area contributed by atoms with Crippen molar-refractivity contribution in [2.75, 3.05) is 19.6 Å². The van der Waals surface area contributed by atoms with Crippen LogP contribution in [-0.4, -0.2) is 36.5 Å². The number of halogens is 1. The van der Waals surface area contributed by atoms with Crippen LogP contribution in [0.25, 0.3) is 0 Å². The monoisotopic (exact) mass is 282 g/mol. The summed E-state index contributed by atoms with van der Waals surface area (Å²) < 4.78 is 0. The average molecular weight is 283 g/mol. The molecular formula is C15H23ClN2O. The Labute approximate surface area is 121 Å². The molecule has 0 saturated carbocycles. The van der Waals surface area contributed by atoms with Crippen molar-refractivity contribution in [1.29, 1.82) is 0 Å². The van der Waals surface area contributed by atoms with Gasteiger partial charge in [0.05, 0.1) is 0 Å². The highest BCUT2D eigenvalue weighted by atomic mass is 35.5. The number of piperazine rings is 1. The van der Waals surface area contributed by atoms with Crippen LogP contribution in [0.2, 0.25) is 0 Å². The van der Waals surface area contributed by atoms with Gasteiger partial charge in [-0.05, 0) is 38.8 Å². The van der Waals surface area contributed by atoms with E-state index in [0.29, 0.717) is 6.04 Å². The minimum atomic E-state index is 0. The van der Waals surface area contributed by atoms with Crippen molar-refractivity contribution in [3.8, 4) is 0 Å². The Bertz CT molecular complexity index is 450. The highest BCUT2D eigenvalue weighted by molar-refractivity contribution is 5.97. The lowest BCUT2D eigenvalue weighted by molar-refractivity contribution is 0.0707. The van der Waals surface area contributed by atoms with Crippen LogP contribution in [0.1, 0.15) is 34.0 Å². The molecule has 1 heterocycles. The summed E-state index contributed by atoms with van der Waals surface area (Å²) in [6.07, 6.45) is 0. The second kappa shape index (κ2) is 6.40. The van der Waals surface area contributed by atoms with Gasteiger partial charge in [0.1, 0.15) is 0 Å². The fourth-order valence-electron chi connectivity index (χ4n) is 2.79. The predicted molar refractivity (Wildman–Crippen MR) is 81.3 cm³/mol. The lowest BCUT2D eigenvalue weighted by Gasteiger charge is -2.32. The van der Waals surface area contributed by atoms with Crippen LogP contribution in [0.15, 0.2) is 12.1 Å². The number of rotatable bonds is 1. The first-order valence-electron chi connectivity index (χ1n) is 6.59. The minimum Gasteiger partial charge on any atom is -0.336 e. The lowest BCUT2D eigenvalue weighted by Crippen LogP contribution is -2.51. The second-order valence-corrected chi connectivity index (χ2v) is 5.38. The van der Waals surface area contributed by atoms with E-state index in [4.69, 9.17) is 0 Å². The molecule has 0 unspecified atom stereocenters. The van der Waals surface area contributed by atoms with E-state index in [1.165, 1.54) is 5.56 Å². The van der Waals surface area contributed by atoms with Crippen molar-refractivity contribution in [2.24, 2.45) is 0 Å². The predicted octanol–water partition coefficient (Wildman–Crippen LogP) is 2.47. The summed E-state index contributed by atoms with van der Waals surface area (Å²) in [5.41, 5.74) is 4.28. The van der Waals surface area contributed by atoms with Crippen LogP contribution >= 0.6 is 12.4 Å². The first-order valence-corrected chi connectivity index (χ1v) is 6.59. The van der Waals surface area contributed by atoms with E-state index < -0.39 is 0 Å². The molecule has 0 aromatic heterocycles. The van der Waals surface area contributed by atoms with Gasteiger partial charge in [-0.1, -0.05) is 17.7 Å². The molecule has 1 atom stereocenters. The molecule has 1 aromatic rings. The molecule has 1 aromatic carbocycles. The summed E-state index contributed by atoms with van der Waals surface area (Å²) in [4.78, 5) is 14.6. The molecule has 1 aliphatic heterocycles. The normalized spacial score (nSPS) is 18.9. The molecule has 19 heavy (non-hydrogen) atoms. The van der Waals surface area contributed by atoms with Crippen LogP contribution in [0, 0.1) is 20.8 Å². The summed E-state index contributed by atoms with van der Waals surface area (Å²) in [7, 11) is 0. The molecule has 4 heteroatoms. The Morgan fingerprint density at radius 3 is 2.37 bits per heavy atom. The maximum Gasteiger partial charge on any atom is 0.254 e.